The van der Waals surface area contributed by atoms with Crippen LogP contribution in [0.4, 0.5) is 10.8 Å². The van der Waals surface area contributed by atoms with Gasteiger partial charge in [0.2, 0.25) is 5.91 Å². The van der Waals surface area contributed by atoms with Crippen LogP contribution in [0.3, 0.4) is 0 Å². The topological polar surface area (TPSA) is 119 Å². The average molecular weight is 589 g/mol. The molecule has 1 unspecified atom stereocenters. The number of thioether (sulfide) groups is 1. The second kappa shape index (κ2) is 14.1. The van der Waals surface area contributed by atoms with Gasteiger partial charge in [0.1, 0.15) is 5.70 Å². The van der Waals surface area contributed by atoms with Crippen LogP contribution in [0.15, 0.2) is 95.0 Å². The summed E-state index contributed by atoms with van der Waals surface area (Å²) in [7, 11) is 3.06. The molecule has 11 heteroatoms. The quantitative estimate of drug-likeness (QED) is 0.152. The molecule has 0 saturated carbocycles. The molecule has 0 aliphatic rings. The minimum atomic E-state index is -0.513. The Balaban J connectivity index is 1.49. The molecule has 41 heavy (non-hydrogen) atoms. The third kappa shape index (κ3) is 8.19. The van der Waals surface area contributed by atoms with Crippen LogP contribution in [0.25, 0.3) is 6.08 Å². The first-order chi connectivity index (χ1) is 19.9. The summed E-state index contributed by atoms with van der Waals surface area (Å²) in [4.78, 5) is 43.6. The summed E-state index contributed by atoms with van der Waals surface area (Å²) in [6.45, 7) is 1.81. The zero-order chi connectivity index (χ0) is 29.2. The van der Waals surface area contributed by atoms with E-state index in [1.165, 1.54) is 37.3 Å². The van der Waals surface area contributed by atoms with Gasteiger partial charge in [0.15, 0.2) is 16.6 Å². The van der Waals surface area contributed by atoms with E-state index < -0.39 is 11.8 Å². The summed E-state index contributed by atoms with van der Waals surface area (Å²) >= 11 is 2.74. The second-order valence-corrected chi connectivity index (χ2v) is 10.9. The summed E-state index contributed by atoms with van der Waals surface area (Å²) in [6.07, 6.45) is 3.19. The van der Waals surface area contributed by atoms with Crippen molar-refractivity contribution in [3.8, 4) is 11.5 Å². The van der Waals surface area contributed by atoms with Crippen molar-refractivity contribution in [2.75, 3.05) is 24.9 Å². The molecule has 0 aliphatic heterocycles. The number of methoxy groups -OCH3 is 2. The fourth-order valence-electron chi connectivity index (χ4n) is 3.62. The van der Waals surface area contributed by atoms with Gasteiger partial charge in [0.05, 0.1) is 19.5 Å². The van der Waals surface area contributed by atoms with Crippen molar-refractivity contribution >= 4 is 57.7 Å². The zero-order valence-corrected chi connectivity index (χ0v) is 24.2. The molecule has 9 nitrogen and oxygen atoms in total. The van der Waals surface area contributed by atoms with Crippen molar-refractivity contribution in [1.29, 1.82) is 0 Å². The highest BCUT2D eigenvalue weighted by Gasteiger charge is 2.18. The van der Waals surface area contributed by atoms with Crippen LogP contribution in [0.2, 0.25) is 0 Å². The lowest BCUT2D eigenvalue weighted by Gasteiger charge is -2.13. The molecule has 3 N–H and O–H groups in total. The Kier molecular flexibility index (Phi) is 10.1. The second-order valence-electron chi connectivity index (χ2n) is 8.56. The van der Waals surface area contributed by atoms with E-state index in [9.17, 15) is 14.4 Å². The lowest BCUT2D eigenvalue weighted by Crippen LogP contribution is -2.30. The maximum Gasteiger partial charge on any atom is 0.272 e. The van der Waals surface area contributed by atoms with Gasteiger partial charge in [-0.3, -0.25) is 14.4 Å². The van der Waals surface area contributed by atoms with Crippen molar-refractivity contribution in [3.63, 3.8) is 0 Å². The number of benzene rings is 3. The molecule has 0 aliphatic carbocycles. The Morgan fingerprint density at radius 1 is 0.927 bits per heavy atom. The number of thiazole rings is 1. The molecule has 1 heterocycles. The van der Waals surface area contributed by atoms with Crippen molar-refractivity contribution < 1.29 is 23.9 Å². The summed E-state index contributed by atoms with van der Waals surface area (Å²) in [5.74, 6) is -0.0682. The summed E-state index contributed by atoms with van der Waals surface area (Å²) in [5, 5.41) is 10.3. The van der Waals surface area contributed by atoms with Crippen molar-refractivity contribution in [2.24, 2.45) is 0 Å². The summed E-state index contributed by atoms with van der Waals surface area (Å²) in [6, 6.07) is 20.9. The van der Waals surface area contributed by atoms with Crippen molar-refractivity contribution in [1.82, 2.24) is 10.3 Å². The summed E-state index contributed by atoms with van der Waals surface area (Å²) < 4.78 is 10.7. The predicted molar refractivity (Wildman–Crippen MR) is 163 cm³/mol. The molecule has 1 atom stereocenters. The average Bonchev–Trinajstić information content (AvgIpc) is 3.51. The number of hydrogen-bond acceptors (Lipinski definition) is 8. The van der Waals surface area contributed by atoms with Gasteiger partial charge in [0, 0.05) is 27.7 Å². The maximum atomic E-state index is 13.4. The largest absolute Gasteiger partial charge is 0.493 e. The molecule has 3 aromatic carbocycles. The number of amides is 3. The van der Waals surface area contributed by atoms with Crippen LogP contribution in [0.5, 0.6) is 11.5 Å². The third-order valence-electron chi connectivity index (χ3n) is 5.70. The van der Waals surface area contributed by atoms with Crippen molar-refractivity contribution in [2.45, 2.75) is 17.1 Å². The molecule has 0 saturated heterocycles. The summed E-state index contributed by atoms with van der Waals surface area (Å²) in [5.41, 5.74) is 1.59. The van der Waals surface area contributed by atoms with E-state index in [2.05, 4.69) is 20.9 Å². The lowest BCUT2D eigenvalue weighted by atomic mass is 10.1. The smallest absolute Gasteiger partial charge is 0.272 e. The molecule has 4 aromatic rings. The van der Waals surface area contributed by atoms with E-state index >= 15 is 0 Å². The van der Waals surface area contributed by atoms with Crippen LogP contribution in [0.1, 0.15) is 22.8 Å². The van der Waals surface area contributed by atoms with Gasteiger partial charge in [-0.1, -0.05) is 24.3 Å². The Hall–Kier alpha value is -4.61. The number of rotatable bonds is 11. The van der Waals surface area contributed by atoms with E-state index in [-0.39, 0.29) is 16.9 Å². The first kappa shape index (κ1) is 29.4. The van der Waals surface area contributed by atoms with E-state index in [4.69, 9.17) is 9.47 Å². The van der Waals surface area contributed by atoms with Gasteiger partial charge >= 0.3 is 0 Å². The van der Waals surface area contributed by atoms with E-state index in [0.717, 1.165) is 4.90 Å². The molecule has 0 bridgehead atoms. The number of ether oxygens (including phenoxy) is 2. The number of nitrogens with zero attached hydrogens (tertiary/aromatic N) is 1. The van der Waals surface area contributed by atoms with Crippen LogP contribution in [-0.2, 0) is 9.59 Å². The monoisotopic (exact) mass is 588 g/mol. The van der Waals surface area contributed by atoms with E-state index in [1.54, 1.807) is 78.3 Å². The van der Waals surface area contributed by atoms with Crippen molar-refractivity contribution in [3.05, 3.63) is 101 Å². The fraction of sp³-hybridized carbons (Fsp3) is 0.133. The number of hydrogen-bond donors (Lipinski definition) is 3. The standard InChI is InChI=1S/C30H28N4O5S2/c1-19(27(35)34-30-31-15-16-40-30)41-23-12-10-22(11-13-23)32-29(37)24(33-28(36)21-7-5-4-6-8-21)17-20-9-14-25(38-2)26(18-20)39-3/h4-19H,1-3H3,(H,32,37)(H,33,36)(H,31,34,35)/b24-17-. The molecule has 0 radical (unpaired) electrons. The number of carbonyl (C=O) groups is 3. The van der Waals surface area contributed by atoms with Gasteiger partial charge in [-0.05, 0) is 67.1 Å². The molecule has 0 fully saturated rings. The first-order valence-electron chi connectivity index (χ1n) is 12.4. The number of carbonyl (C=O) groups excluding carboxylic acids is 3. The van der Waals surface area contributed by atoms with Gasteiger partial charge in [-0.25, -0.2) is 4.98 Å². The molecule has 0 spiro atoms. The normalized spacial score (nSPS) is 11.7. The number of aromatic nitrogens is 1. The lowest BCUT2D eigenvalue weighted by molar-refractivity contribution is -0.115. The molecule has 210 valence electrons. The van der Waals surface area contributed by atoms with Gasteiger partial charge in [-0.15, -0.1) is 23.1 Å². The molecular weight excluding hydrogens is 560 g/mol. The fourth-order valence-corrected chi connectivity index (χ4v) is 5.02. The number of nitrogens with one attached hydrogen (secondary N) is 3. The zero-order valence-electron chi connectivity index (χ0n) is 22.5. The van der Waals surface area contributed by atoms with E-state index in [1.807, 2.05) is 19.1 Å². The number of anilines is 2. The molecular formula is C30H28N4O5S2. The predicted octanol–water partition coefficient (Wildman–Crippen LogP) is 5.69. The molecule has 4 rings (SSSR count). The Morgan fingerprint density at radius 2 is 1.66 bits per heavy atom. The van der Waals surface area contributed by atoms with Crippen LogP contribution in [-0.4, -0.2) is 42.2 Å². The maximum absolute atomic E-state index is 13.4. The van der Waals surface area contributed by atoms with Gasteiger partial charge in [0.25, 0.3) is 11.8 Å². The minimum absolute atomic E-state index is 0.0389. The third-order valence-corrected chi connectivity index (χ3v) is 7.50. The Bertz CT molecular complexity index is 1520. The van der Waals surface area contributed by atoms with Crippen LogP contribution in [0, 0.1) is 0 Å². The first-order valence-corrected chi connectivity index (χ1v) is 14.2. The highest BCUT2D eigenvalue weighted by molar-refractivity contribution is 8.00. The SMILES string of the molecule is COc1ccc(/C=C(\NC(=O)c2ccccc2)C(=O)Nc2ccc(SC(C)C(=O)Nc3nccs3)cc2)cc1OC. The minimum Gasteiger partial charge on any atom is -0.493 e. The van der Waals surface area contributed by atoms with Gasteiger partial charge < -0.3 is 25.4 Å². The molecule has 3 amide bonds. The Labute approximate surface area is 246 Å². The highest BCUT2D eigenvalue weighted by Crippen LogP contribution is 2.29. The van der Waals surface area contributed by atoms with E-state index in [0.29, 0.717) is 33.4 Å². The Morgan fingerprint density at radius 3 is 2.32 bits per heavy atom. The van der Waals surface area contributed by atoms with Crippen LogP contribution < -0.4 is 25.4 Å². The highest BCUT2D eigenvalue weighted by atomic mass is 32.2. The van der Waals surface area contributed by atoms with Crippen LogP contribution >= 0.6 is 23.1 Å². The molecule has 1 aromatic heterocycles. The van der Waals surface area contributed by atoms with Gasteiger partial charge in [-0.2, -0.15) is 0 Å².